The SMILES string of the molecule is CN(C)/C=C(\C#N)C(=O)Nc1ccncc1. The Balaban J connectivity index is 2.76. The van der Waals surface area contributed by atoms with E-state index in [9.17, 15) is 4.79 Å². The molecule has 0 radical (unpaired) electrons. The molecular weight excluding hydrogens is 204 g/mol. The zero-order valence-corrected chi connectivity index (χ0v) is 9.14. The van der Waals surface area contributed by atoms with Crippen LogP contribution in [0.3, 0.4) is 0 Å². The van der Waals surface area contributed by atoms with Crippen LogP contribution in [0.15, 0.2) is 36.3 Å². The molecule has 1 amide bonds. The highest BCUT2D eigenvalue weighted by Crippen LogP contribution is 2.06. The summed E-state index contributed by atoms with van der Waals surface area (Å²) in [5, 5.41) is 11.4. The first-order valence-corrected chi connectivity index (χ1v) is 4.63. The molecule has 1 aromatic heterocycles. The first kappa shape index (κ1) is 11.7. The van der Waals surface area contributed by atoms with Crippen LogP contribution < -0.4 is 5.32 Å². The van der Waals surface area contributed by atoms with Crippen molar-refractivity contribution in [2.75, 3.05) is 19.4 Å². The Labute approximate surface area is 94.0 Å². The van der Waals surface area contributed by atoms with E-state index in [4.69, 9.17) is 5.26 Å². The molecule has 1 rings (SSSR count). The van der Waals surface area contributed by atoms with Crippen molar-refractivity contribution in [2.24, 2.45) is 0 Å². The minimum absolute atomic E-state index is 0.0572. The van der Waals surface area contributed by atoms with Crippen LogP contribution >= 0.6 is 0 Å². The number of hydrogen-bond acceptors (Lipinski definition) is 4. The molecule has 5 nitrogen and oxygen atoms in total. The third-order valence-corrected chi connectivity index (χ3v) is 1.69. The largest absolute Gasteiger partial charge is 0.382 e. The summed E-state index contributed by atoms with van der Waals surface area (Å²) in [5.41, 5.74) is 0.668. The number of aromatic nitrogens is 1. The number of nitrogens with zero attached hydrogens (tertiary/aromatic N) is 3. The Morgan fingerprint density at radius 2 is 2.12 bits per heavy atom. The minimum Gasteiger partial charge on any atom is -0.382 e. The fraction of sp³-hybridized carbons (Fsp3) is 0.182. The lowest BCUT2D eigenvalue weighted by Crippen LogP contribution is -2.16. The monoisotopic (exact) mass is 216 g/mol. The van der Waals surface area contributed by atoms with E-state index in [1.807, 2.05) is 6.07 Å². The molecule has 0 aliphatic rings. The molecular formula is C11H12N4O. The second kappa shape index (κ2) is 5.51. The van der Waals surface area contributed by atoms with Crippen LogP contribution in [0.1, 0.15) is 0 Å². The van der Waals surface area contributed by atoms with Crippen LogP contribution in [0.4, 0.5) is 5.69 Å². The molecule has 0 fully saturated rings. The van der Waals surface area contributed by atoms with Crippen LogP contribution in [0.5, 0.6) is 0 Å². The average Bonchev–Trinajstić information content (AvgIpc) is 2.26. The van der Waals surface area contributed by atoms with Gasteiger partial charge in [0.15, 0.2) is 0 Å². The molecule has 82 valence electrons. The van der Waals surface area contributed by atoms with Gasteiger partial charge in [0, 0.05) is 38.4 Å². The number of nitrogens with one attached hydrogen (secondary N) is 1. The van der Waals surface area contributed by atoms with E-state index in [1.54, 1.807) is 43.5 Å². The van der Waals surface area contributed by atoms with Crippen LogP contribution in [-0.4, -0.2) is 29.9 Å². The fourth-order valence-corrected chi connectivity index (χ4v) is 1.03. The second-order valence-corrected chi connectivity index (χ2v) is 3.31. The normalized spacial score (nSPS) is 10.4. The summed E-state index contributed by atoms with van der Waals surface area (Å²) in [7, 11) is 3.49. The van der Waals surface area contributed by atoms with Crippen molar-refractivity contribution in [3.63, 3.8) is 0 Å². The average molecular weight is 216 g/mol. The van der Waals surface area contributed by atoms with Crippen molar-refractivity contribution in [3.8, 4) is 6.07 Å². The Hall–Kier alpha value is -2.35. The third-order valence-electron chi connectivity index (χ3n) is 1.69. The molecule has 5 heteroatoms. The van der Waals surface area contributed by atoms with Crippen molar-refractivity contribution < 1.29 is 4.79 Å². The van der Waals surface area contributed by atoms with E-state index in [1.165, 1.54) is 6.20 Å². The number of anilines is 1. The molecule has 0 unspecified atom stereocenters. The molecule has 0 saturated carbocycles. The first-order chi connectivity index (χ1) is 7.63. The smallest absolute Gasteiger partial charge is 0.267 e. The molecule has 0 atom stereocenters. The van der Waals surface area contributed by atoms with Gasteiger partial charge in [-0.05, 0) is 12.1 Å². The summed E-state index contributed by atoms with van der Waals surface area (Å²) < 4.78 is 0. The van der Waals surface area contributed by atoms with Crippen molar-refractivity contribution in [1.29, 1.82) is 5.26 Å². The van der Waals surface area contributed by atoms with Gasteiger partial charge < -0.3 is 10.2 Å². The quantitative estimate of drug-likeness (QED) is 0.604. The molecule has 0 spiro atoms. The zero-order valence-electron chi connectivity index (χ0n) is 9.14. The van der Waals surface area contributed by atoms with Gasteiger partial charge in [-0.2, -0.15) is 5.26 Å². The molecule has 0 aliphatic heterocycles. The van der Waals surface area contributed by atoms with Gasteiger partial charge in [0.05, 0.1) is 0 Å². The zero-order chi connectivity index (χ0) is 12.0. The van der Waals surface area contributed by atoms with Gasteiger partial charge in [0.1, 0.15) is 11.6 Å². The lowest BCUT2D eigenvalue weighted by atomic mass is 10.3. The maximum Gasteiger partial charge on any atom is 0.267 e. The lowest BCUT2D eigenvalue weighted by molar-refractivity contribution is -0.112. The van der Waals surface area contributed by atoms with Crippen LogP contribution in [0.25, 0.3) is 0 Å². The Kier molecular flexibility index (Phi) is 4.04. The molecule has 0 bridgehead atoms. The molecule has 1 aromatic rings. The first-order valence-electron chi connectivity index (χ1n) is 4.63. The highest BCUT2D eigenvalue weighted by molar-refractivity contribution is 6.06. The van der Waals surface area contributed by atoms with E-state index in [0.717, 1.165) is 0 Å². The number of hydrogen-bond donors (Lipinski definition) is 1. The molecule has 0 aromatic carbocycles. The summed E-state index contributed by atoms with van der Waals surface area (Å²) in [6, 6.07) is 5.16. The fourth-order valence-electron chi connectivity index (χ4n) is 1.03. The summed E-state index contributed by atoms with van der Waals surface area (Å²) in [5.74, 6) is -0.428. The standard InChI is InChI=1S/C11H12N4O/c1-15(2)8-9(7-12)11(16)14-10-3-5-13-6-4-10/h3-6,8H,1-2H3,(H,13,14,16)/b9-8+. The van der Waals surface area contributed by atoms with E-state index in [2.05, 4.69) is 10.3 Å². The molecule has 0 saturated heterocycles. The number of rotatable bonds is 3. The number of nitriles is 1. The van der Waals surface area contributed by atoms with Gasteiger partial charge in [0.2, 0.25) is 0 Å². The maximum absolute atomic E-state index is 11.6. The highest BCUT2D eigenvalue weighted by Gasteiger charge is 2.09. The van der Waals surface area contributed by atoms with Crippen LogP contribution in [0.2, 0.25) is 0 Å². The number of amides is 1. The van der Waals surface area contributed by atoms with Gasteiger partial charge in [-0.25, -0.2) is 0 Å². The Morgan fingerprint density at radius 1 is 1.50 bits per heavy atom. The minimum atomic E-state index is -0.428. The molecule has 1 N–H and O–H groups in total. The van der Waals surface area contributed by atoms with E-state index in [0.29, 0.717) is 5.69 Å². The van der Waals surface area contributed by atoms with Gasteiger partial charge >= 0.3 is 0 Å². The number of carbonyl (C=O) groups is 1. The topological polar surface area (TPSA) is 69.0 Å². The van der Waals surface area contributed by atoms with E-state index in [-0.39, 0.29) is 5.57 Å². The summed E-state index contributed by atoms with van der Waals surface area (Å²) >= 11 is 0. The van der Waals surface area contributed by atoms with Gasteiger partial charge in [-0.1, -0.05) is 0 Å². The predicted octanol–water partition coefficient (Wildman–Crippen LogP) is 0.989. The van der Waals surface area contributed by atoms with Crippen LogP contribution in [-0.2, 0) is 4.79 Å². The summed E-state index contributed by atoms with van der Waals surface area (Å²) in [6.45, 7) is 0. The molecule has 16 heavy (non-hydrogen) atoms. The van der Waals surface area contributed by atoms with Gasteiger partial charge in [-0.15, -0.1) is 0 Å². The number of pyridine rings is 1. The van der Waals surface area contributed by atoms with Gasteiger partial charge in [0.25, 0.3) is 5.91 Å². The van der Waals surface area contributed by atoms with Crippen molar-refractivity contribution in [2.45, 2.75) is 0 Å². The lowest BCUT2D eigenvalue weighted by Gasteiger charge is -2.07. The Bertz CT molecular complexity index is 431. The molecule has 1 heterocycles. The number of carbonyl (C=O) groups excluding carboxylic acids is 1. The van der Waals surface area contributed by atoms with Crippen molar-refractivity contribution in [1.82, 2.24) is 9.88 Å². The maximum atomic E-state index is 11.6. The Morgan fingerprint density at radius 3 is 2.62 bits per heavy atom. The summed E-state index contributed by atoms with van der Waals surface area (Å²) in [6.07, 6.45) is 4.60. The highest BCUT2D eigenvalue weighted by atomic mass is 16.1. The van der Waals surface area contributed by atoms with Crippen LogP contribution in [0, 0.1) is 11.3 Å². The predicted molar refractivity (Wildman–Crippen MR) is 60.2 cm³/mol. The van der Waals surface area contributed by atoms with Crippen molar-refractivity contribution >= 4 is 11.6 Å². The third kappa shape index (κ3) is 3.42. The van der Waals surface area contributed by atoms with Gasteiger partial charge in [-0.3, -0.25) is 9.78 Å². The van der Waals surface area contributed by atoms with Crippen molar-refractivity contribution in [3.05, 3.63) is 36.3 Å². The summed E-state index contributed by atoms with van der Waals surface area (Å²) in [4.78, 5) is 17.1. The second-order valence-electron chi connectivity index (χ2n) is 3.31. The van der Waals surface area contributed by atoms with E-state index >= 15 is 0 Å². The molecule has 0 aliphatic carbocycles. The van der Waals surface area contributed by atoms with E-state index < -0.39 is 5.91 Å².